The number of nitrogens with zero attached hydrogens (tertiary/aromatic N) is 2. The van der Waals surface area contributed by atoms with Gasteiger partial charge in [-0.2, -0.15) is 0 Å². The number of sulfonamides is 1. The van der Waals surface area contributed by atoms with Gasteiger partial charge in [0.25, 0.3) is 0 Å². The van der Waals surface area contributed by atoms with Crippen molar-refractivity contribution in [2.24, 2.45) is 10.1 Å². The van der Waals surface area contributed by atoms with Gasteiger partial charge in [-0.25, -0.2) is 22.3 Å². The molecule has 1 atom stereocenters. The Morgan fingerprint density at radius 2 is 2.03 bits per heavy atom. The first-order valence-corrected chi connectivity index (χ1v) is 10.6. The molecule has 1 aliphatic heterocycles. The number of nitrogens with two attached hydrogens (primary N) is 1. The molecule has 0 bridgehead atoms. The molecule has 11 heteroatoms. The van der Waals surface area contributed by atoms with Gasteiger partial charge in [0.05, 0.1) is 10.6 Å². The van der Waals surface area contributed by atoms with Crippen LogP contribution < -0.4 is 20.7 Å². The first-order valence-electron chi connectivity index (χ1n) is 9.05. The molecule has 0 saturated carbocycles. The molecule has 1 fully saturated rings. The van der Waals surface area contributed by atoms with Crippen LogP contribution in [0.25, 0.3) is 0 Å². The Kier molecular flexibility index (Phi) is 8.38. The molecule has 1 unspecified atom stereocenters. The van der Waals surface area contributed by atoms with E-state index in [1.54, 1.807) is 19.2 Å². The maximum absolute atomic E-state index is 14.0. The molecule has 164 valence electrons. The van der Waals surface area contributed by atoms with Gasteiger partial charge < -0.3 is 15.5 Å². The summed E-state index contributed by atoms with van der Waals surface area (Å²) in [4.78, 5) is 6.08. The Bertz CT molecular complexity index is 1020. The topological polar surface area (TPSA) is 99.8 Å². The zero-order valence-electron chi connectivity index (χ0n) is 16.3. The van der Waals surface area contributed by atoms with E-state index in [9.17, 15) is 17.2 Å². The Morgan fingerprint density at radius 3 is 2.70 bits per heavy atom. The lowest BCUT2D eigenvalue weighted by Gasteiger charge is -2.21. The molecule has 4 N–H and O–H groups in total. The molecular formula is C19H24F2IN5O2S. The van der Waals surface area contributed by atoms with Crippen LogP contribution >= 0.6 is 24.0 Å². The van der Waals surface area contributed by atoms with Gasteiger partial charge in [0.1, 0.15) is 11.6 Å². The molecule has 0 radical (unpaired) electrons. The number of primary sulfonamides is 1. The second kappa shape index (κ2) is 10.4. The molecule has 1 saturated heterocycles. The highest BCUT2D eigenvalue weighted by molar-refractivity contribution is 14.0. The van der Waals surface area contributed by atoms with Crippen LogP contribution in [0.15, 0.2) is 52.4 Å². The molecule has 0 spiro atoms. The van der Waals surface area contributed by atoms with E-state index in [2.05, 4.69) is 15.6 Å². The number of aliphatic imine (C=N–C) groups is 1. The summed E-state index contributed by atoms with van der Waals surface area (Å²) in [5.74, 6) is -0.642. The number of hydrogen-bond acceptors (Lipinski definition) is 4. The fourth-order valence-corrected chi connectivity index (χ4v) is 3.82. The van der Waals surface area contributed by atoms with E-state index in [4.69, 9.17) is 5.14 Å². The van der Waals surface area contributed by atoms with Crippen molar-refractivity contribution in [1.82, 2.24) is 10.6 Å². The largest absolute Gasteiger partial charge is 0.367 e. The van der Waals surface area contributed by atoms with Crippen LogP contribution in [0.5, 0.6) is 0 Å². The van der Waals surface area contributed by atoms with Crippen molar-refractivity contribution in [3.05, 3.63) is 59.7 Å². The molecule has 30 heavy (non-hydrogen) atoms. The van der Waals surface area contributed by atoms with Crippen LogP contribution in [-0.2, 0) is 16.6 Å². The van der Waals surface area contributed by atoms with Crippen LogP contribution in [0.3, 0.4) is 0 Å². The molecule has 0 aromatic heterocycles. The first-order chi connectivity index (χ1) is 13.8. The monoisotopic (exact) mass is 551 g/mol. The van der Waals surface area contributed by atoms with Crippen molar-refractivity contribution in [2.75, 3.05) is 25.0 Å². The van der Waals surface area contributed by atoms with Gasteiger partial charge in [-0.3, -0.25) is 4.99 Å². The average molecular weight is 551 g/mol. The molecule has 1 aliphatic rings. The Balaban J connectivity index is 0.00000320. The second-order valence-electron chi connectivity index (χ2n) is 6.79. The molecule has 2 aromatic carbocycles. The number of anilines is 1. The van der Waals surface area contributed by atoms with Crippen LogP contribution in [0.4, 0.5) is 14.5 Å². The van der Waals surface area contributed by atoms with Gasteiger partial charge in [0, 0.05) is 38.8 Å². The van der Waals surface area contributed by atoms with E-state index in [1.165, 1.54) is 24.3 Å². The smallest absolute Gasteiger partial charge is 0.238 e. The maximum Gasteiger partial charge on any atom is 0.238 e. The van der Waals surface area contributed by atoms with E-state index >= 15 is 0 Å². The van der Waals surface area contributed by atoms with Gasteiger partial charge >= 0.3 is 0 Å². The lowest BCUT2D eigenvalue weighted by atomic mass is 10.2. The SMILES string of the molecule is CN=C(NCc1cccc(S(N)(=O)=O)c1)NC1CCN(c2ccc(F)cc2F)C1.I. The predicted molar refractivity (Wildman–Crippen MR) is 124 cm³/mol. The minimum absolute atomic E-state index is 0. The van der Waals surface area contributed by atoms with Crippen molar-refractivity contribution < 1.29 is 17.2 Å². The molecule has 0 amide bonds. The number of guanidine groups is 1. The van der Waals surface area contributed by atoms with E-state index in [0.29, 0.717) is 31.3 Å². The number of rotatable bonds is 5. The maximum atomic E-state index is 14.0. The summed E-state index contributed by atoms with van der Waals surface area (Å²) in [5.41, 5.74) is 1.11. The first kappa shape index (κ1) is 24.3. The van der Waals surface area contributed by atoms with Crippen LogP contribution in [0.2, 0.25) is 0 Å². The van der Waals surface area contributed by atoms with E-state index in [-0.39, 0.29) is 34.9 Å². The average Bonchev–Trinajstić information content (AvgIpc) is 3.13. The predicted octanol–water partition coefficient (Wildman–Crippen LogP) is 2.17. The number of benzene rings is 2. The third-order valence-electron chi connectivity index (χ3n) is 4.69. The highest BCUT2D eigenvalue weighted by atomic mass is 127. The van der Waals surface area contributed by atoms with Gasteiger partial charge in [-0.15, -0.1) is 24.0 Å². The lowest BCUT2D eigenvalue weighted by Crippen LogP contribution is -2.44. The number of halogens is 3. The number of hydrogen-bond donors (Lipinski definition) is 3. The van der Waals surface area contributed by atoms with Crippen molar-refractivity contribution in [1.29, 1.82) is 0 Å². The van der Waals surface area contributed by atoms with Crippen molar-refractivity contribution in [2.45, 2.75) is 23.9 Å². The highest BCUT2D eigenvalue weighted by Crippen LogP contribution is 2.24. The Labute approximate surface area is 191 Å². The van der Waals surface area contributed by atoms with E-state index in [0.717, 1.165) is 18.1 Å². The molecular weight excluding hydrogens is 527 g/mol. The molecule has 3 rings (SSSR count). The van der Waals surface area contributed by atoms with E-state index in [1.807, 2.05) is 4.90 Å². The lowest BCUT2D eigenvalue weighted by molar-refractivity contribution is 0.580. The number of nitrogens with one attached hydrogen (secondary N) is 2. The Hall–Kier alpha value is -1.99. The molecule has 0 aliphatic carbocycles. The van der Waals surface area contributed by atoms with Crippen molar-refractivity contribution in [3.63, 3.8) is 0 Å². The normalized spacial score (nSPS) is 16.9. The van der Waals surface area contributed by atoms with Gasteiger partial charge in [-0.05, 0) is 36.2 Å². The van der Waals surface area contributed by atoms with Crippen molar-refractivity contribution in [3.8, 4) is 0 Å². The summed E-state index contributed by atoms with van der Waals surface area (Å²) in [6.45, 7) is 1.53. The molecule has 7 nitrogen and oxygen atoms in total. The minimum Gasteiger partial charge on any atom is -0.367 e. The third kappa shape index (κ3) is 6.25. The second-order valence-corrected chi connectivity index (χ2v) is 8.35. The quantitative estimate of drug-likeness (QED) is 0.301. The zero-order chi connectivity index (χ0) is 21.0. The zero-order valence-corrected chi connectivity index (χ0v) is 19.5. The van der Waals surface area contributed by atoms with Gasteiger partial charge in [-0.1, -0.05) is 12.1 Å². The standard InChI is InChI=1S/C19H23F2N5O2S.HI/c1-23-19(24-11-13-3-2-4-16(9-13)29(22,27)28)25-15-7-8-26(12-15)18-6-5-14(20)10-17(18)21;/h2-6,9-10,15H,7-8,11-12H2,1H3,(H2,22,27,28)(H2,23,24,25);1H. The fourth-order valence-electron chi connectivity index (χ4n) is 3.24. The minimum atomic E-state index is -3.76. The fraction of sp³-hybridized carbons (Fsp3) is 0.316. The summed E-state index contributed by atoms with van der Waals surface area (Å²) < 4.78 is 50.0. The van der Waals surface area contributed by atoms with Gasteiger partial charge in [0.2, 0.25) is 10.0 Å². The van der Waals surface area contributed by atoms with Crippen LogP contribution in [0, 0.1) is 11.6 Å². The van der Waals surface area contributed by atoms with Crippen LogP contribution in [0.1, 0.15) is 12.0 Å². The molecule has 2 aromatic rings. The summed E-state index contributed by atoms with van der Waals surface area (Å²) in [7, 11) is -2.13. The molecule has 1 heterocycles. The van der Waals surface area contributed by atoms with Crippen molar-refractivity contribution >= 4 is 45.6 Å². The Morgan fingerprint density at radius 1 is 1.27 bits per heavy atom. The summed E-state index contributed by atoms with van der Waals surface area (Å²) >= 11 is 0. The summed E-state index contributed by atoms with van der Waals surface area (Å²) in [6, 6.07) is 9.95. The summed E-state index contributed by atoms with van der Waals surface area (Å²) in [6.07, 6.45) is 0.762. The van der Waals surface area contributed by atoms with Gasteiger partial charge in [0.15, 0.2) is 5.96 Å². The highest BCUT2D eigenvalue weighted by Gasteiger charge is 2.25. The van der Waals surface area contributed by atoms with Crippen LogP contribution in [-0.4, -0.2) is 40.6 Å². The summed E-state index contributed by atoms with van der Waals surface area (Å²) in [5, 5.41) is 11.6. The third-order valence-corrected chi connectivity index (χ3v) is 5.60. The van der Waals surface area contributed by atoms with E-state index < -0.39 is 21.7 Å².